The lowest BCUT2D eigenvalue weighted by Crippen LogP contribution is -2.19. The molecule has 4 aromatic heterocycles. The van der Waals surface area contributed by atoms with Crippen molar-refractivity contribution in [1.82, 2.24) is 35.2 Å². The molecular weight excluding hydrogens is 514 g/mol. The highest BCUT2D eigenvalue weighted by molar-refractivity contribution is 9.10. The monoisotopic (exact) mass is 521 g/mol. The highest BCUT2D eigenvalue weighted by Gasteiger charge is 2.40. The average Bonchev–Trinajstić information content (AvgIpc) is 3.43. The fourth-order valence-electron chi connectivity index (χ4n) is 2.81. The fraction of sp³-hybridized carbons (Fsp3) is 0.0556. The number of H-pyrrole nitrogens is 1. The number of hydrogen-bond donors (Lipinski definition) is 2. The molecule has 4 heterocycles. The Bertz CT molecular complexity index is 1390. The standard InChI is InChI=1S/C18H8BrF4N9O/c19-11-4-9(20)6-25-13(11)14-12(15(31-30-14)18(21,22)23)17(33)29-10-3-8(5-24)16(26-7-10)32-27-1-2-28-32/h1-4,6-7H,(H,29,33)(H,30,31). The van der Waals surface area contributed by atoms with Crippen molar-refractivity contribution in [3.63, 3.8) is 0 Å². The predicted octanol–water partition coefficient (Wildman–Crippen LogP) is 3.49. The van der Waals surface area contributed by atoms with Crippen LogP contribution >= 0.6 is 15.9 Å². The van der Waals surface area contributed by atoms with Crippen LogP contribution in [0.25, 0.3) is 17.2 Å². The number of carbonyl (C=O) groups is 1. The Hall–Kier alpha value is -4.19. The second-order valence-electron chi connectivity index (χ2n) is 6.28. The summed E-state index contributed by atoms with van der Waals surface area (Å²) >= 11 is 3.01. The summed E-state index contributed by atoms with van der Waals surface area (Å²) in [7, 11) is 0. The molecule has 10 nitrogen and oxygen atoms in total. The number of hydrogen-bond acceptors (Lipinski definition) is 7. The number of nitriles is 1. The third-order valence-electron chi connectivity index (χ3n) is 4.16. The number of halogens is 5. The van der Waals surface area contributed by atoms with E-state index >= 15 is 0 Å². The molecule has 0 aromatic carbocycles. The van der Waals surface area contributed by atoms with E-state index in [1.54, 1.807) is 5.10 Å². The number of nitrogens with zero attached hydrogens (tertiary/aromatic N) is 7. The molecule has 0 aliphatic carbocycles. The number of alkyl halides is 3. The Morgan fingerprint density at radius 1 is 1.15 bits per heavy atom. The van der Waals surface area contributed by atoms with Gasteiger partial charge in [-0.05, 0) is 28.1 Å². The van der Waals surface area contributed by atoms with Gasteiger partial charge in [-0.1, -0.05) is 0 Å². The molecule has 0 aliphatic rings. The van der Waals surface area contributed by atoms with E-state index in [2.05, 4.69) is 46.5 Å². The SMILES string of the molecule is N#Cc1cc(NC(=O)c2c(-c3ncc(F)cc3Br)n[nH]c2C(F)(F)F)cnc1-n1nccn1. The molecule has 166 valence electrons. The summed E-state index contributed by atoms with van der Waals surface area (Å²) in [5, 5.41) is 24.7. The Morgan fingerprint density at radius 2 is 1.88 bits per heavy atom. The zero-order valence-corrected chi connectivity index (χ0v) is 17.5. The maximum Gasteiger partial charge on any atom is 0.433 e. The van der Waals surface area contributed by atoms with E-state index in [0.29, 0.717) is 0 Å². The minimum absolute atomic E-state index is 0.0127. The molecule has 0 bridgehead atoms. The third kappa shape index (κ3) is 4.28. The van der Waals surface area contributed by atoms with Gasteiger partial charge in [-0.15, -0.1) is 4.80 Å². The largest absolute Gasteiger partial charge is 0.433 e. The van der Waals surface area contributed by atoms with Crippen molar-refractivity contribution in [2.75, 3.05) is 5.32 Å². The van der Waals surface area contributed by atoms with Crippen molar-refractivity contribution in [3.05, 3.63) is 64.0 Å². The van der Waals surface area contributed by atoms with Crippen molar-refractivity contribution in [2.45, 2.75) is 6.18 Å². The lowest BCUT2D eigenvalue weighted by Gasteiger charge is -2.11. The summed E-state index contributed by atoms with van der Waals surface area (Å²) in [6.07, 6.45) is -0.347. The van der Waals surface area contributed by atoms with Gasteiger partial charge in [0.2, 0.25) is 0 Å². The molecule has 4 aromatic rings. The van der Waals surface area contributed by atoms with Crippen LogP contribution in [0.15, 0.2) is 41.4 Å². The Labute approximate surface area is 189 Å². The zero-order chi connectivity index (χ0) is 23.8. The van der Waals surface area contributed by atoms with Gasteiger partial charge in [0.05, 0.1) is 36.0 Å². The van der Waals surface area contributed by atoms with E-state index in [1.165, 1.54) is 18.5 Å². The first kappa shape index (κ1) is 22.0. The molecule has 1 amide bonds. The topological polar surface area (TPSA) is 138 Å². The Balaban J connectivity index is 1.75. The zero-order valence-electron chi connectivity index (χ0n) is 15.9. The normalized spacial score (nSPS) is 11.3. The first-order chi connectivity index (χ1) is 15.7. The molecule has 0 spiro atoms. The molecule has 0 saturated carbocycles. The van der Waals surface area contributed by atoms with Crippen LogP contribution in [0.2, 0.25) is 0 Å². The first-order valence-corrected chi connectivity index (χ1v) is 9.53. The predicted molar refractivity (Wildman–Crippen MR) is 106 cm³/mol. The first-order valence-electron chi connectivity index (χ1n) is 8.74. The Kier molecular flexibility index (Phi) is 5.60. The van der Waals surface area contributed by atoms with E-state index in [-0.39, 0.29) is 27.2 Å². The Morgan fingerprint density at radius 3 is 2.52 bits per heavy atom. The third-order valence-corrected chi connectivity index (χ3v) is 4.77. The van der Waals surface area contributed by atoms with Crippen LogP contribution < -0.4 is 5.32 Å². The van der Waals surface area contributed by atoms with Crippen LogP contribution in [0.4, 0.5) is 23.2 Å². The van der Waals surface area contributed by atoms with Gasteiger partial charge in [0.25, 0.3) is 5.91 Å². The number of pyridine rings is 2. The highest BCUT2D eigenvalue weighted by atomic mass is 79.9. The fourth-order valence-corrected chi connectivity index (χ4v) is 3.32. The molecule has 0 radical (unpaired) electrons. The maximum atomic E-state index is 13.6. The summed E-state index contributed by atoms with van der Waals surface area (Å²) in [6, 6.07) is 4.02. The summed E-state index contributed by atoms with van der Waals surface area (Å²) < 4.78 is 54.0. The smallest absolute Gasteiger partial charge is 0.320 e. The molecule has 0 fully saturated rings. The second-order valence-corrected chi connectivity index (χ2v) is 7.14. The molecule has 33 heavy (non-hydrogen) atoms. The number of aromatic nitrogens is 7. The van der Waals surface area contributed by atoms with Crippen LogP contribution in [0.5, 0.6) is 0 Å². The maximum absolute atomic E-state index is 13.6. The van der Waals surface area contributed by atoms with Crippen LogP contribution in [-0.2, 0) is 6.18 Å². The number of carbonyl (C=O) groups excluding carboxylic acids is 1. The molecule has 0 atom stereocenters. The van der Waals surface area contributed by atoms with E-state index in [4.69, 9.17) is 0 Å². The lowest BCUT2D eigenvalue weighted by atomic mass is 10.1. The molecule has 0 aliphatic heterocycles. The van der Waals surface area contributed by atoms with Crippen molar-refractivity contribution in [1.29, 1.82) is 5.26 Å². The number of amides is 1. The van der Waals surface area contributed by atoms with Crippen molar-refractivity contribution in [2.24, 2.45) is 0 Å². The molecule has 0 unspecified atom stereocenters. The van der Waals surface area contributed by atoms with Crippen LogP contribution in [-0.4, -0.2) is 41.1 Å². The van der Waals surface area contributed by atoms with Gasteiger partial charge >= 0.3 is 6.18 Å². The molecular formula is C18H8BrF4N9O. The average molecular weight is 522 g/mol. The van der Waals surface area contributed by atoms with E-state index < -0.39 is 34.9 Å². The van der Waals surface area contributed by atoms with Gasteiger partial charge < -0.3 is 5.32 Å². The minimum Gasteiger partial charge on any atom is -0.320 e. The number of anilines is 1. The molecule has 0 saturated heterocycles. The van der Waals surface area contributed by atoms with Gasteiger partial charge in [-0.3, -0.25) is 14.9 Å². The van der Waals surface area contributed by atoms with Crippen LogP contribution in [0.3, 0.4) is 0 Å². The second kappa shape index (κ2) is 8.39. The summed E-state index contributed by atoms with van der Waals surface area (Å²) in [5.74, 6) is -1.90. The van der Waals surface area contributed by atoms with Crippen molar-refractivity contribution < 1.29 is 22.4 Å². The molecule has 15 heteroatoms. The minimum atomic E-state index is -4.96. The summed E-state index contributed by atoms with van der Waals surface area (Å²) in [4.78, 5) is 21.7. The van der Waals surface area contributed by atoms with E-state index in [9.17, 15) is 27.6 Å². The lowest BCUT2D eigenvalue weighted by molar-refractivity contribution is -0.141. The number of aromatic amines is 1. The number of nitrogens with one attached hydrogen (secondary N) is 2. The van der Waals surface area contributed by atoms with Gasteiger partial charge in [0, 0.05) is 4.47 Å². The van der Waals surface area contributed by atoms with E-state index in [1.807, 2.05) is 6.07 Å². The van der Waals surface area contributed by atoms with Gasteiger partial charge in [0.15, 0.2) is 11.5 Å². The van der Waals surface area contributed by atoms with Gasteiger partial charge in [-0.25, -0.2) is 9.37 Å². The van der Waals surface area contributed by atoms with Crippen LogP contribution in [0, 0.1) is 17.1 Å². The molecule has 2 N–H and O–H groups in total. The van der Waals surface area contributed by atoms with Gasteiger partial charge in [-0.2, -0.15) is 33.7 Å². The van der Waals surface area contributed by atoms with Crippen molar-refractivity contribution in [3.8, 4) is 23.3 Å². The highest BCUT2D eigenvalue weighted by Crippen LogP contribution is 2.37. The van der Waals surface area contributed by atoms with Gasteiger partial charge in [0.1, 0.15) is 28.8 Å². The summed E-state index contributed by atoms with van der Waals surface area (Å²) in [6.45, 7) is 0. The van der Waals surface area contributed by atoms with Crippen molar-refractivity contribution >= 4 is 27.5 Å². The van der Waals surface area contributed by atoms with E-state index in [0.717, 1.165) is 23.3 Å². The molecule has 4 rings (SSSR count). The quantitative estimate of drug-likeness (QED) is 0.392. The number of rotatable bonds is 4. The summed E-state index contributed by atoms with van der Waals surface area (Å²) in [5.41, 5.74) is -3.08. The van der Waals surface area contributed by atoms with Crippen LogP contribution in [0.1, 0.15) is 21.6 Å².